The molecular formula is C12H15BrN2O2. The van der Waals surface area contributed by atoms with Crippen LogP contribution in [0.1, 0.15) is 18.4 Å². The van der Waals surface area contributed by atoms with E-state index in [0.29, 0.717) is 12.6 Å². The number of nitrogens with one attached hydrogen (secondary N) is 2. The molecule has 0 aromatic heterocycles. The summed E-state index contributed by atoms with van der Waals surface area (Å²) >= 11 is 3.40. The molecule has 1 aliphatic rings. The minimum absolute atomic E-state index is 0.116. The van der Waals surface area contributed by atoms with Crippen LogP contribution in [-0.2, 0) is 6.54 Å². The molecule has 2 N–H and O–H groups in total. The number of carbonyl (C=O) groups excluding carboxylic acids is 1. The molecule has 1 aromatic carbocycles. The summed E-state index contributed by atoms with van der Waals surface area (Å²) in [6.07, 6.45) is 2.18. The Morgan fingerprint density at radius 3 is 2.94 bits per heavy atom. The number of hydrogen-bond acceptors (Lipinski definition) is 2. The van der Waals surface area contributed by atoms with Gasteiger partial charge >= 0.3 is 6.03 Å². The third-order valence-corrected chi connectivity index (χ3v) is 3.09. The van der Waals surface area contributed by atoms with E-state index in [-0.39, 0.29) is 6.03 Å². The topological polar surface area (TPSA) is 50.4 Å². The van der Waals surface area contributed by atoms with Crippen molar-refractivity contribution in [2.45, 2.75) is 25.4 Å². The van der Waals surface area contributed by atoms with Crippen LogP contribution in [0.25, 0.3) is 0 Å². The van der Waals surface area contributed by atoms with Gasteiger partial charge in [0.15, 0.2) is 0 Å². The lowest BCUT2D eigenvalue weighted by atomic mass is 10.2. The summed E-state index contributed by atoms with van der Waals surface area (Å²) in [5.41, 5.74) is 0.952. The largest absolute Gasteiger partial charge is 0.496 e. The Morgan fingerprint density at radius 2 is 2.29 bits per heavy atom. The van der Waals surface area contributed by atoms with Gasteiger partial charge in [0.1, 0.15) is 5.75 Å². The zero-order valence-electron chi connectivity index (χ0n) is 9.63. The molecule has 17 heavy (non-hydrogen) atoms. The number of carbonyl (C=O) groups is 1. The molecule has 0 heterocycles. The van der Waals surface area contributed by atoms with E-state index in [1.807, 2.05) is 18.2 Å². The Labute approximate surface area is 109 Å². The first-order chi connectivity index (χ1) is 8.19. The van der Waals surface area contributed by atoms with E-state index in [1.165, 1.54) is 0 Å². The molecule has 1 aliphatic carbocycles. The van der Waals surface area contributed by atoms with Gasteiger partial charge in [-0.15, -0.1) is 0 Å². The predicted molar refractivity (Wildman–Crippen MR) is 69.1 cm³/mol. The summed E-state index contributed by atoms with van der Waals surface area (Å²) < 4.78 is 6.20. The SMILES string of the molecule is COc1ccc(Br)cc1CNC(=O)NC1CC1. The molecule has 0 unspecified atom stereocenters. The van der Waals surface area contributed by atoms with Crippen LogP contribution >= 0.6 is 15.9 Å². The quantitative estimate of drug-likeness (QED) is 0.897. The van der Waals surface area contributed by atoms with Crippen LogP contribution in [-0.4, -0.2) is 19.2 Å². The van der Waals surface area contributed by atoms with Crippen LogP contribution in [0.3, 0.4) is 0 Å². The maximum atomic E-state index is 11.5. The highest BCUT2D eigenvalue weighted by molar-refractivity contribution is 9.10. The Morgan fingerprint density at radius 1 is 1.53 bits per heavy atom. The molecule has 0 atom stereocenters. The Hall–Kier alpha value is -1.23. The summed E-state index contributed by atoms with van der Waals surface area (Å²) in [5, 5.41) is 5.69. The monoisotopic (exact) mass is 298 g/mol. The van der Waals surface area contributed by atoms with Gasteiger partial charge in [0.2, 0.25) is 0 Å². The lowest BCUT2D eigenvalue weighted by Crippen LogP contribution is -2.36. The van der Waals surface area contributed by atoms with E-state index in [0.717, 1.165) is 28.6 Å². The molecule has 0 saturated heterocycles. The summed E-state index contributed by atoms with van der Waals surface area (Å²) in [5.74, 6) is 0.778. The second-order valence-electron chi connectivity index (χ2n) is 4.06. The Bertz CT molecular complexity index is 419. The lowest BCUT2D eigenvalue weighted by Gasteiger charge is -2.10. The van der Waals surface area contributed by atoms with Gasteiger partial charge < -0.3 is 15.4 Å². The van der Waals surface area contributed by atoms with E-state index in [4.69, 9.17) is 4.74 Å². The minimum atomic E-state index is -0.116. The van der Waals surface area contributed by atoms with Gasteiger partial charge in [-0.2, -0.15) is 0 Å². The fourth-order valence-corrected chi connectivity index (χ4v) is 1.93. The van der Waals surface area contributed by atoms with Crippen molar-refractivity contribution in [1.29, 1.82) is 0 Å². The normalized spacial score (nSPS) is 14.2. The number of methoxy groups -OCH3 is 1. The van der Waals surface area contributed by atoms with Crippen molar-refractivity contribution in [3.8, 4) is 5.75 Å². The highest BCUT2D eigenvalue weighted by Gasteiger charge is 2.23. The van der Waals surface area contributed by atoms with E-state index in [2.05, 4.69) is 26.6 Å². The van der Waals surface area contributed by atoms with Crippen molar-refractivity contribution >= 4 is 22.0 Å². The van der Waals surface area contributed by atoms with E-state index >= 15 is 0 Å². The molecule has 1 fully saturated rings. The minimum Gasteiger partial charge on any atom is -0.496 e. The van der Waals surface area contributed by atoms with Crippen molar-refractivity contribution in [1.82, 2.24) is 10.6 Å². The van der Waals surface area contributed by atoms with Crippen molar-refractivity contribution in [2.24, 2.45) is 0 Å². The molecule has 2 amide bonds. The molecule has 1 saturated carbocycles. The third kappa shape index (κ3) is 3.63. The van der Waals surface area contributed by atoms with Crippen molar-refractivity contribution in [3.63, 3.8) is 0 Å². The van der Waals surface area contributed by atoms with Crippen LogP contribution in [0.15, 0.2) is 22.7 Å². The second kappa shape index (κ2) is 5.40. The maximum absolute atomic E-state index is 11.5. The molecule has 2 rings (SSSR count). The number of ether oxygens (including phenoxy) is 1. The third-order valence-electron chi connectivity index (χ3n) is 2.59. The first kappa shape index (κ1) is 12.2. The summed E-state index contributed by atoms with van der Waals surface area (Å²) in [6.45, 7) is 0.459. The molecule has 5 heteroatoms. The molecule has 0 spiro atoms. The smallest absolute Gasteiger partial charge is 0.315 e. The van der Waals surface area contributed by atoms with E-state index in [9.17, 15) is 4.79 Å². The zero-order chi connectivity index (χ0) is 12.3. The van der Waals surface area contributed by atoms with Crippen LogP contribution in [0.4, 0.5) is 4.79 Å². The molecular weight excluding hydrogens is 284 g/mol. The zero-order valence-corrected chi connectivity index (χ0v) is 11.2. The van der Waals surface area contributed by atoms with Crippen molar-refractivity contribution < 1.29 is 9.53 Å². The van der Waals surface area contributed by atoms with Crippen LogP contribution in [0.5, 0.6) is 5.75 Å². The Balaban J connectivity index is 1.92. The molecule has 0 radical (unpaired) electrons. The molecule has 0 bridgehead atoms. The fraction of sp³-hybridized carbons (Fsp3) is 0.417. The lowest BCUT2D eigenvalue weighted by molar-refractivity contribution is 0.240. The summed E-state index contributed by atoms with van der Waals surface area (Å²) in [6, 6.07) is 5.98. The number of halogens is 1. The predicted octanol–water partition coefficient (Wildman–Crippen LogP) is 2.42. The highest BCUT2D eigenvalue weighted by Crippen LogP contribution is 2.23. The van der Waals surface area contributed by atoms with E-state index < -0.39 is 0 Å². The summed E-state index contributed by atoms with van der Waals surface area (Å²) in [7, 11) is 1.62. The van der Waals surface area contributed by atoms with E-state index in [1.54, 1.807) is 7.11 Å². The average Bonchev–Trinajstić information content (AvgIpc) is 3.10. The fourth-order valence-electron chi connectivity index (χ4n) is 1.52. The number of urea groups is 1. The van der Waals surface area contributed by atoms with Crippen molar-refractivity contribution in [2.75, 3.05) is 7.11 Å². The molecule has 4 nitrogen and oxygen atoms in total. The molecule has 1 aromatic rings. The molecule has 0 aliphatic heterocycles. The van der Waals surface area contributed by atoms with Gasteiger partial charge in [0.25, 0.3) is 0 Å². The van der Waals surface area contributed by atoms with Gasteiger partial charge in [0.05, 0.1) is 7.11 Å². The van der Waals surface area contributed by atoms with Crippen LogP contribution in [0, 0.1) is 0 Å². The number of benzene rings is 1. The maximum Gasteiger partial charge on any atom is 0.315 e. The van der Waals surface area contributed by atoms with Crippen LogP contribution < -0.4 is 15.4 Å². The molecule has 92 valence electrons. The van der Waals surface area contributed by atoms with Crippen molar-refractivity contribution in [3.05, 3.63) is 28.2 Å². The van der Waals surface area contributed by atoms with Crippen LogP contribution in [0.2, 0.25) is 0 Å². The van der Waals surface area contributed by atoms with Gasteiger partial charge in [0, 0.05) is 22.6 Å². The van der Waals surface area contributed by atoms with Gasteiger partial charge in [-0.3, -0.25) is 0 Å². The second-order valence-corrected chi connectivity index (χ2v) is 4.97. The number of rotatable bonds is 4. The van der Waals surface area contributed by atoms with Gasteiger partial charge in [-0.25, -0.2) is 4.79 Å². The average molecular weight is 299 g/mol. The Kier molecular flexibility index (Phi) is 3.89. The first-order valence-corrected chi connectivity index (χ1v) is 6.35. The van der Waals surface area contributed by atoms with Gasteiger partial charge in [-0.1, -0.05) is 15.9 Å². The number of amides is 2. The van der Waals surface area contributed by atoms with Gasteiger partial charge in [-0.05, 0) is 31.0 Å². The first-order valence-electron chi connectivity index (χ1n) is 5.56. The highest BCUT2D eigenvalue weighted by atomic mass is 79.9. The number of hydrogen-bond donors (Lipinski definition) is 2. The standard InChI is InChI=1S/C12H15BrN2O2/c1-17-11-5-2-9(13)6-8(11)7-14-12(16)15-10-3-4-10/h2,5-6,10H,3-4,7H2,1H3,(H2,14,15,16). The summed E-state index contributed by atoms with van der Waals surface area (Å²) in [4.78, 5) is 11.5.